The van der Waals surface area contributed by atoms with Crippen molar-refractivity contribution in [2.45, 2.75) is 9.79 Å². The summed E-state index contributed by atoms with van der Waals surface area (Å²) >= 11 is 0. The summed E-state index contributed by atoms with van der Waals surface area (Å²) in [5.74, 6) is -2.84. The molecule has 0 bridgehead atoms. The van der Waals surface area contributed by atoms with Gasteiger partial charge in [-0.3, -0.25) is 4.55 Å². The fourth-order valence-corrected chi connectivity index (χ4v) is 3.29. The molecule has 0 aliphatic carbocycles. The Balaban J connectivity index is 2.55. The van der Waals surface area contributed by atoms with E-state index in [4.69, 9.17) is 4.55 Å². The highest BCUT2D eigenvalue weighted by atomic mass is 32.2. The normalized spacial score (nSPS) is 12.0. The van der Waals surface area contributed by atoms with E-state index in [2.05, 4.69) is 4.18 Å². The van der Waals surface area contributed by atoms with E-state index in [0.717, 1.165) is 6.07 Å². The third-order valence-electron chi connectivity index (χ3n) is 2.62. The van der Waals surface area contributed by atoms with Gasteiger partial charge in [0, 0.05) is 12.1 Å². The summed E-state index contributed by atoms with van der Waals surface area (Å²) < 4.78 is 60.0. The lowest BCUT2D eigenvalue weighted by atomic mass is 10.3. The molecule has 0 aliphatic rings. The predicted molar refractivity (Wildman–Crippen MR) is 75.5 cm³/mol. The van der Waals surface area contributed by atoms with Crippen molar-refractivity contribution in [1.82, 2.24) is 0 Å². The Kier molecular flexibility index (Phi) is 4.11. The van der Waals surface area contributed by atoms with Crippen LogP contribution in [-0.4, -0.2) is 36.7 Å². The molecule has 0 atom stereocenters. The van der Waals surface area contributed by atoms with Crippen molar-refractivity contribution in [3.8, 4) is 23.0 Å². The van der Waals surface area contributed by atoms with Gasteiger partial charge in [0.2, 0.25) is 0 Å². The van der Waals surface area contributed by atoms with Crippen LogP contribution < -0.4 is 4.18 Å². The summed E-state index contributed by atoms with van der Waals surface area (Å²) in [6.07, 6.45) is 0. The van der Waals surface area contributed by atoms with Crippen molar-refractivity contribution >= 4 is 20.2 Å². The van der Waals surface area contributed by atoms with Crippen molar-refractivity contribution in [2.75, 3.05) is 0 Å². The molecular weight excluding hydrogens is 352 g/mol. The van der Waals surface area contributed by atoms with Crippen molar-refractivity contribution in [3.05, 3.63) is 36.4 Å². The van der Waals surface area contributed by atoms with Crippen molar-refractivity contribution in [1.29, 1.82) is 0 Å². The molecule has 11 heteroatoms. The van der Waals surface area contributed by atoms with E-state index in [1.807, 2.05) is 0 Å². The van der Waals surface area contributed by atoms with Crippen LogP contribution in [0.1, 0.15) is 0 Å². The number of hydrogen-bond donors (Lipinski definition) is 4. The Bertz CT molecular complexity index is 962. The molecule has 0 amide bonds. The monoisotopic (exact) mass is 362 g/mol. The molecule has 9 nitrogen and oxygen atoms in total. The number of phenolic OH excluding ortho intramolecular Hbond substituents is 3. The SMILES string of the molecule is O=S(=O)(O)c1cc(S(=O)(=O)Oc2cccc(O)c2)cc(O)c1O. The number of phenols is 3. The van der Waals surface area contributed by atoms with Crippen molar-refractivity contribution < 1.29 is 40.9 Å². The minimum Gasteiger partial charge on any atom is -0.508 e. The molecule has 2 aromatic carbocycles. The highest BCUT2D eigenvalue weighted by Crippen LogP contribution is 2.35. The zero-order chi connectivity index (χ0) is 17.4. The lowest BCUT2D eigenvalue weighted by Crippen LogP contribution is -2.11. The first kappa shape index (κ1) is 16.9. The summed E-state index contributed by atoms with van der Waals surface area (Å²) in [4.78, 5) is -2.03. The van der Waals surface area contributed by atoms with Crippen LogP contribution in [0.4, 0.5) is 0 Å². The molecule has 2 rings (SSSR count). The molecule has 0 fully saturated rings. The van der Waals surface area contributed by atoms with Crippen LogP contribution in [-0.2, 0) is 20.2 Å². The van der Waals surface area contributed by atoms with Gasteiger partial charge in [-0.2, -0.15) is 16.8 Å². The summed E-state index contributed by atoms with van der Waals surface area (Å²) in [5.41, 5.74) is 0. The first-order valence-electron chi connectivity index (χ1n) is 5.78. The summed E-state index contributed by atoms with van der Waals surface area (Å²) in [6.45, 7) is 0. The van der Waals surface area contributed by atoms with Gasteiger partial charge in [0.1, 0.15) is 21.3 Å². The van der Waals surface area contributed by atoms with Crippen LogP contribution in [0.15, 0.2) is 46.2 Å². The molecule has 0 heterocycles. The summed E-state index contributed by atoms with van der Waals surface area (Å²) in [7, 11) is -9.60. The fraction of sp³-hybridized carbons (Fsp3) is 0. The molecule has 0 unspecified atom stereocenters. The van der Waals surface area contributed by atoms with Gasteiger partial charge in [-0.1, -0.05) is 6.07 Å². The van der Waals surface area contributed by atoms with Crippen molar-refractivity contribution in [2.24, 2.45) is 0 Å². The number of aromatic hydroxyl groups is 3. The second kappa shape index (κ2) is 5.61. The summed E-state index contributed by atoms with van der Waals surface area (Å²) in [6, 6.07) is 5.73. The zero-order valence-corrected chi connectivity index (χ0v) is 12.7. The minimum atomic E-state index is -4.99. The van der Waals surface area contributed by atoms with Gasteiger partial charge in [-0.05, 0) is 18.2 Å². The Labute approximate surface area is 130 Å². The Morgan fingerprint density at radius 3 is 2.13 bits per heavy atom. The molecule has 0 aromatic heterocycles. The van der Waals surface area contributed by atoms with Crippen LogP contribution in [0.2, 0.25) is 0 Å². The second-order valence-corrected chi connectivity index (χ2v) is 7.24. The third-order valence-corrected chi connectivity index (χ3v) is 4.71. The smallest absolute Gasteiger partial charge is 0.339 e. The third kappa shape index (κ3) is 3.64. The van der Waals surface area contributed by atoms with Crippen LogP contribution in [0.25, 0.3) is 0 Å². The van der Waals surface area contributed by atoms with E-state index in [1.165, 1.54) is 18.2 Å². The Morgan fingerprint density at radius 2 is 1.57 bits per heavy atom. The first-order chi connectivity index (χ1) is 10.5. The quantitative estimate of drug-likeness (QED) is 0.351. The zero-order valence-electron chi connectivity index (χ0n) is 11.1. The molecule has 0 saturated carbocycles. The van der Waals surface area contributed by atoms with E-state index < -0.39 is 41.5 Å². The van der Waals surface area contributed by atoms with Crippen LogP contribution in [0, 0.1) is 0 Å². The molecule has 4 N–H and O–H groups in total. The number of benzene rings is 2. The lowest BCUT2D eigenvalue weighted by molar-refractivity contribution is 0.386. The maximum atomic E-state index is 12.1. The molecule has 0 radical (unpaired) electrons. The fourth-order valence-electron chi connectivity index (χ4n) is 1.62. The average molecular weight is 362 g/mol. The van der Waals surface area contributed by atoms with Crippen LogP contribution in [0.3, 0.4) is 0 Å². The Hall–Kier alpha value is -2.50. The van der Waals surface area contributed by atoms with E-state index in [0.29, 0.717) is 12.1 Å². The van der Waals surface area contributed by atoms with E-state index in [-0.39, 0.29) is 11.5 Å². The Morgan fingerprint density at radius 1 is 0.913 bits per heavy atom. The van der Waals surface area contributed by atoms with Gasteiger partial charge < -0.3 is 19.5 Å². The molecule has 2 aromatic rings. The largest absolute Gasteiger partial charge is 0.508 e. The van der Waals surface area contributed by atoms with Gasteiger partial charge >= 0.3 is 10.1 Å². The molecule has 23 heavy (non-hydrogen) atoms. The molecule has 124 valence electrons. The highest BCUT2D eigenvalue weighted by molar-refractivity contribution is 7.87. The lowest BCUT2D eigenvalue weighted by Gasteiger charge is -2.10. The van der Waals surface area contributed by atoms with Gasteiger partial charge in [0.05, 0.1) is 0 Å². The van der Waals surface area contributed by atoms with Gasteiger partial charge in [-0.25, -0.2) is 0 Å². The second-order valence-electron chi connectivity index (χ2n) is 4.30. The first-order valence-corrected chi connectivity index (χ1v) is 8.62. The van der Waals surface area contributed by atoms with Gasteiger partial charge in [0.25, 0.3) is 10.1 Å². The predicted octanol–water partition coefficient (Wildman–Crippen LogP) is 0.818. The van der Waals surface area contributed by atoms with Gasteiger partial charge in [0.15, 0.2) is 11.5 Å². The van der Waals surface area contributed by atoms with Gasteiger partial charge in [-0.15, -0.1) is 0 Å². The minimum absolute atomic E-state index is 0.272. The van der Waals surface area contributed by atoms with E-state index >= 15 is 0 Å². The van der Waals surface area contributed by atoms with E-state index in [9.17, 15) is 32.2 Å². The van der Waals surface area contributed by atoms with E-state index in [1.54, 1.807) is 0 Å². The number of hydrogen-bond acceptors (Lipinski definition) is 8. The molecule has 0 aliphatic heterocycles. The van der Waals surface area contributed by atoms with Crippen LogP contribution >= 0.6 is 0 Å². The molecule has 0 saturated heterocycles. The highest BCUT2D eigenvalue weighted by Gasteiger charge is 2.26. The molecule has 0 spiro atoms. The standard InChI is InChI=1S/C12H10O9S2/c13-7-2-1-3-8(4-7)21-23(19,20)9-5-10(14)12(15)11(6-9)22(16,17)18/h1-6,13-15H,(H,16,17,18). The maximum Gasteiger partial charge on any atom is 0.339 e. The van der Waals surface area contributed by atoms with Crippen LogP contribution in [0.5, 0.6) is 23.0 Å². The number of rotatable bonds is 4. The summed E-state index contributed by atoms with van der Waals surface area (Å²) in [5, 5.41) is 28.1. The molecular formula is C12H10O9S2. The maximum absolute atomic E-state index is 12.1. The average Bonchev–Trinajstić information content (AvgIpc) is 2.39. The topological polar surface area (TPSA) is 158 Å². The van der Waals surface area contributed by atoms with Crippen molar-refractivity contribution in [3.63, 3.8) is 0 Å².